The topological polar surface area (TPSA) is 155 Å². The Bertz CT molecular complexity index is 926. The number of carbonyl (C=O) groups excluding carboxylic acids is 2. The zero-order valence-corrected chi connectivity index (χ0v) is 17.7. The van der Waals surface area contributed by atoms with Crippen LogP contribution in [0.3, 0.4) is 0 Å². The van der Waals surface area contributed by atoms with E-state index in [9.17, 15) is 35.5 Å². The zero-order chi connectivity index (χ0) is 22.9. The van der Waals surface area contributed by atoms with E-state index in [0.717, 1.165) is 22.0 Å². The van der Waals surface area contributed by atoms with E-state index in [0.29, 0.717) is 11.1 Å². The summed E-state index contributed by atoms with van der Waals surface area (Å²) < 4.78 is 65.2. The fraction of sp³-hybridized carbons (Fsp3) is 0.333. The fourth-order valence-corrected chi connectivity index (χ4v) is 3.39. The van der Waals surface area contributed by atoms with Gasteiger partial charge in [0.1, 0.15) is 0 Å². The van der Waals surface area contributed by atoms with E-state index in [1.165, 1.54) is 0 Å². The molecule has 0 saturated carbocycles. The van der Waals surface area contributed by atoms with Gasteiger partial charge in [-0.1, -0.05) is 37.4 Å². The molecule has 1 aromatic carbocycles. The van der Waals surface area contributed by atoms with Gasteiger partial charge in [0, 0.05) is 26.2 Å². The molecule has 0 saturated heterocycles. The first-order valence-corrected chi connectivity index (χ1v) is 11.8. The van der Waals surface area contributed by atoms with Crippen molar-refractivity contribution in [2.24, 2.45) is 0 Å². The van der Waals surface area contributed by atoms with Crippen LogP contribution in [0.2, 0.25) is 0 Å². The summed E-state index contributed by atoms with van der Waals surface area (Å²) in [6.07, 6.45) is 1.99. The van der Waals surface area contributed by atoms with Crippen molar-refractivity contribution in [3.63, 3.8) is 0 Å². The van der Waals surface area contributed by atoms with Crippen molar-refractivity contribution in [2.75, 3.05) is 24.6 Å². The van der Waals surface area contributed by atoms with Gasteiger partial charge in [0.25, 0.3) is 0 Å². The van der Waals surface area contributed by atoms with Gasteiger partial charge in [-0.15, -0.1) is 0 Å². The molecule has 0 bridgehead atoms. The lowest BCUT2D eigenvalue weighted by molar-refractivity contribution is -0.127. The van der Waals surface area contributed by atoms with Crippen molar-refractivity contribution in [3.05, 3.63) is 60.7 Å². The Kier molecular flexibility index (Phi) is 9.36. The van der Waals surface area contributed by atoms with Crippen LogP contribution in [0.5, 0.6) is 0 Å². The van der Waals surface area contributed by atoms with Crippen molar-refractivity contribution in [1.29, 1.82) is 0 Å². The molecule has 0 N–H and O–H groups in total. The first kappa shape index (κ1) is 25.5. The molecule has 166 valence electrons. The molecule has 1 rings (SSSR count). The van der Waals surface area contributed by atoms with Gasteiger partial charge < -0.3 is 18.9 Å². The van der Waals surface area contributed by atoms with Gasteiger partial charge in [0.2, 0.25) is 11.8 Å². The molecule has 0 aromatic heterocycles. The number of hydrogen-bond donors (Lipinski definition) is 0. The third-order valence-electron chi connectivity index (χ3n) is 3.93. The van der Waals surface area contributed by atoms with Gasteiger partial charge in [0.15, 0.2) is 0 Å². The second kappa shape index (κ2) is 11.0. The molecule has 30 heavy (non-hydrogen) atoms. The third-order valence-corrected chi connectivity index (χ3v) is 5.30. The minimum atomic E-state index is -4.51. The summed E-state index contributed by atoms with van der Waals surface area (Å²) in [5, 5.41) is 0. The number of nitrogens with zero attached hydrogens (tertiary/aromatic N) is 2. The summed E-state index contributed by atoms with van der Waals surface area (Å²) >= 11 is 0. The molecule has 12 heteroatoms. The molecule has 1 aromatic rings. The maximum atomic E-state index is 12.0. The summed E-state index contributed by atoms with van der Waals surface area (Å²) in [4.78, 5) is 26.2. The van der Waals surface area contributed by atoms with Crippen LogP contribution < -0.4 is 0 Å². The van der Waals surface area contributed by atoms with Gasteiger partial charge in [-0.05, 0) is 23.3 Å². The van der Waals surface area contributed by atoms with Crippen molar-refractivity contribution >= 4 is 32.1 Å². The van der Waals surface area contributed by atoms with Crippen molar-refractivity contribution in [3.8, 4) is 0 Å². The normalized spacial score (nSPS) is 11.5. The number of carbonyl (C=O) groups is 2. The molecular weight excluding hydrogens is 436 g/mol. The molecule has 0 unspecified atom stereocenters. The molecular formula is C18H22N2O8S2-2. The number of rotatable bonds is 12. The minimum Gasteiger partial charge on any atom is -0.748 e. The van der Waals surface area contributed by atoms with Crippen LogP contribution in [0.25, 0.3) is 0 Å². The van der Waals surface area contributed by atoms with Crippen molar-refractivity contribution in [1.82, 2.24) is 9.80 Å². The molecule has 0 fully saturated rings. The Labute approximate surface area is 176 Å². The Morgan fingerprint density at radius 3 is 1.50 bits per heavy atom. The lowest BCUT2D eigenvalue weighted by Crippen LogP contribution is -2.34. The van der Waals surface area contributed by atoms with Gasteiger partial charge in [0.05, 0.1) is 31.7 Å². The molecule has 0 aliphatic heterocycles. The number of hydrogen-bond acceptors (Lipinski definition) is 8. The molecule has 10 nitrogen and oxygen atoms in total. The second-order valence-electron chi connectivity index (χ2n) is 6.27. The van der Waals surface area contributed by atoms with Gasteiger partial charge in [-0.3, -0.25) is 9.59 Å². The van der Waals surface area contributed by atoms with Crippen LogP contribution >= 0.6 is 0 Å². The van der Waals surface area contributed by atoms with Crippen LogP contribution in [-0.4, -0.2) is 72.2 Å². The highest BCUT2D eigenvalue weighted by molar-refractivity contribution is 7.85. The quantitative estimate of drug-likeness (QED) is 0.308. The van der Waals surface area contributed by atoms with Gasteiger partial charge >= 0.3 is 0 Å². The van der Waals surface area contributed by atoms with Gasteiger partial charge in [-0.2, -0.15) is 0 Å². The molecule has 0 heterocycles. The molecule has 2 amide bonds. The summed E-state index contributed by atoms with van der Waals surface area (Å²) in [6, 6.07) is 6.57. The fourth-order valence-electron chi connectivity index (χ4n) is 2.50. The Morgan fingerprint density at radius 2 is 1.20 bits per heavy atom. The first-order valence-electron chi connectivity index (χ1n) is 8.62. The van der Waals surface area contributed by atoms with E-state index < -0.39 is 43.6 Å². The zero-order valence-electron chi connectivity index (χ0n) is 16.1. The summed E-state index contributed by atoms with van der Waals surface area (Å²) in [5.41, 5.74) is 1.15. The SMILES string of the molecule is C=CC(=O)N(CCS(=O)(=O)[O-])Cc1cccc(CN(CCS(=O)(=O)[O-])C(=O)C=C)c1. The average Bonchev–Trinajstić information content (AvgIpc) is 2.66. The highest BCUT2D eigenvalue weighted by Crippen LogP contribution is 2.12. The van der Waals surface area contributed by atoms with Crippen molar-refractivity contribution < 1.29 is 35.5 Å². The lowest BCUT2D eigenvalue weighted by atomic mass is 10.1. The predicted molar refractivity (Wildman–Crippen MR) is 107 cm³/mol. The summed E-state index contributed by atoms with van der Waals surface area (Å²) in [7, 11) is -9.03. The van der Waals surface area contributed by atoms with Crippen LogP contribution in [0.1, 0.15) is 11.1 Å². The van der Waals surface area contributed by atoms with E-state index in [-0.39, 0.29) is 26.2 Å². The maximum Gasteiger partial charge on any atom is 0.246 e. The van der Waals surface area contributed by atoms with E-state index in [4.69, 9.17) is 0 Å². The molecule has 0 atom stereocenters. The average molecular weight is 459 g/mol. The van der Waals surface area contributed by atoms with E-state index in [1.54, 1.807) is 24.3 Å². The van der Waals surface area contributed by atoms with Crippen LogP contribution in [0.15, 0.2) is 49.6 Å². The Hall–Kier alpha value is -2.54. The lowest BCUT2D eigenvalue weighted by Gasteiger charge is -2.24. The number of benzene rings is 1. The molecule has 0 radical (unpaired) electrons. The minimum absolute atomic E-state index is 0.0153. The number of amides is 2. The Balaban J connectivity index is 2.99. The second-order valence-corrected chi connectivity index (χ2v) is 9.32. The first-order chi connectivity index (χ1) is 13.8. The van der Waals surface area contributed by atoms with Crippen LogP contribution in [-0.2, 0) is 42.9 Å². The highest BCUT2D eigenvalue weighted by atomic mass is 32.2. The van der Waals surface area contributed by atoms with Gasteiger partial charge in [-0.25, -0.2) is 16.8 Å². The van der Waals surface area contributed by atoms with E-state index in [2.05, 4.69) is 13.2 Å². The smallest absolute Gasteiger partial charge is 0.246 e. The molecule has 0 aliphatic carbocycles. The predicted octanol–water partition coefficient (Wildman–Crippen LogP) is -0.194. The third kappa shape index (κ3) is 9.78. The maximum absolute atomic E-state index is 12.0. The largest absolute Gasteiger partial charge is 0.748 e. The monoisotopic (exact) mass is 458 g/mol. The summed E-state index contributed by atoms with van der Waals surface area (Å²) in [5.74, 6) is -2.63. The molecule has 0 spiro atoms. The summed E-state index contributed by atoms with van der Waals surface area (Å²) in [6.45, 7) is 6.03. The molecule has 0 aliphatic rings. The van der Waals surface area contributed by atoms with E-state index in [1.807, 2.05) is 0 Å². The van der Waals surface area contributed by atoms with Crippen LogP contribution in [0.4, 0.5) is 0 Å². The van der Waals surface area contributed by atoms with Crippen LogP contribution in [0, 0.1) is 0 Å². The van der Waals surface area contributed by atoms with E-state index >= 15 is 0 Å². The van der Waals surface area contributed by atoms with Crippen molar-refractivity contribution in [2.45, 2.75) is 13.1 Å². The highest BCUT2D eigenvalue weighted by Gasteiger charge is 2.15. The Morgan fingerprint density at radius 1 is 0.833 bits per heavy atom. The standard InChI is InChI=1S/C18H24N2O8S2/c1-3-17(21)19(8-10-29(23,24)25)13-15-6-5-7-16(12-15)14-20(18(22)4-2)9-11-30(26,27)28/h3-7,12H,1-2,8-11,13-14H2,(H,23,24,25)(H,26,27,28)/p-2.